The summed E-state index contributed by atoms with van der Waals surface area (Å²) in [6, 6.07) is 4.63. The highest BCUT2D eigenvalue weighted by Crippen LogP contribution is 2.21. The monoisotopic (exact) mass is 240 g/mol. The van der Waals surface area contributed by atoms with Crippen molar-refractivity contribution in [3.8, 4) is 0 Å². The molecule has 0 heterocycles. The maximum Gasteiger partial charge on any atom is 0.305 e. The van der Waals surface area contributed by atoms with Gasteiger partial charge >= 0.3 is 5.69 Å². The van der Waals surface area contributed by atoms with Gasteiger partial charge in [0.2, 0.25) is 5.82 Å². The summed E-state index contributed by atoms with van der Waals surface area (Å²) >= 11 is 0. The summed E-state index contributed by atoms with van der Waals surface area (Å²) in [5, 5.41) is 13.7. The summed E-state index contributed by atoms with van der Waals surface area (Å²) in [5.41, 5.74) is -0.0343. The molecule has 0 aliphatic rings. The van der Waals surface area contributed by atoms with E-state index in [4.69, 9.17) is 0 Å². The Bertz CT molecular complexity index is 392. The molecule has 0 fully saturated rings. The lowest BCUT2D eigenvalue weighted by Gasteiger charge is -2.13. The zero-order valence-corrected chi connectivity index (χ0v) is 10.1. The van der Waals surface area contributed by atoms with Crippen LogP contribution in [-0.4, -0.2) is 18.0 Å². The maximum atomic E-state index is 13.7. The number of aryl methyl sites for hydroxylation is 1. The van der Waals surface area contributed by atoms with Crippen LogP contribution in [0.4, 0.5) is 10.1 Å². The van der Waals surface area contributed by atoms with E-state index in [0.717, 1.165) is 12.8 Å². The average Bonchev–Trinajstić information content (AvgIpc) is 2.32. The topological polar surface area (TPSA) is 55.2 Å². The Labute approximate surface area is 100.0 Å². The second kappa shape index (κ2) is 6.30. The molecule has 1 unspecified atom stereocenters. The molecule has 0 saturated carbocycles. The first-order chi connectivity index (χ1) is 8.10. The van der Waals surface area contributed by atoms with Crippen molar-refractivity contribution in [2.75, 3.05) is 7.05 Å². The van der Waals surface area contributed by atoms with Crippen molar-refractivity contribution in [3.05, 3.63) is 39.7 Å². The number of nitro groups is 1. The summed E-state index contributed by atoms with van der Waals surface area (Å²) in [6.07, 6.45) is 2.23. The Morgan fingerprint density at radius 1 is 1.53 bits per heavy atom. The van der Waals surface area contributed by atoms with Crippen LogP contribution in [0, 0.1) is 15.9 Å². The van der Waals surface area contributed by atoms with Crippen LogP contribution < -0.4 is 5.32 Å². The smallest absolute Gasteiger partial charge is 0.305 e. The summed E-state index contributed by atoms with van der Waals surface area (Å²) in [7, 11) is 1.86. The van der Waals surface area contributed by atoms with E-state index >= 15 is 0 Å². The van der Waals surface area contributed by atoms with Crippen molar-refractivity contribution in [1.29, 1.82) is 0 Å². The zero-order valence-electron chi connectivity index (χ0n) is 10.1. The fraction of sp³-hybridized carbons (Fsp3) is 0.500. The Kier molecular flexibility index (Phi) is 5.03. The third-order valence-electron chi connectivity index (χ3n) is 2.92. The molecule has 0 amide bonds. The molecule has 0 aromatic heterocycles. The standard InChI is InChI=1S/C12H17FN2O2/c1-3-10(14-2)8-7-9-5-4-6-11(12(9)13)15(16)17/h4-6,10,14H,3,7-8H2,1-2H3. The number of hydrogen-bond acceptors (Lipinski definition) is 3. The number of rotatable bonds is 6. The van der Waals surface area contributed by atoms with E-state index in [1.807, 2.05) is 14.0 Å². The quantitative estimate of drug-likeness (QED) is 0.614. The number of nitrogens with one attached hydrogen (secondary N) is 1. The van der Waals surface area contributed by atoms with Gasteiger partial charge in [-0.3, -0.25) is 10.1 Å². The van der Waals surface area contributed by atoms with Gasteiger partial charge in [0, 0.05) is 12.1 Å². The van der Waals surface area contributed by atoms with E-state index in [9.17, 15) is 14.5 Å². The van der Waals surface area contributed by atoms with Crippen molar-refractivity contribution in [2.45, 2.75) is 32.2 Å². The van der Waals surface area contributed by atoms with Gasteiger partial charge in [0.15, 0.2) is 0 Å². The maximum absolute atomic E-state index is 13.7. The summed E-state index contributed by atoms with van der Waals surface area (Å²) < 4.78 is 13.7. The summed E-state index contributed by atoms with van der Waals surface area (Å²) in [5.74, 6) is -0.705. The van der Waals surface area contributed by atoms with Crippen LogP contribution >= 0.6 is 0 Å². The molecule has 5 heteroatoms. The molecule has 0 aliphatic heterocycles. The molecule has 4 nitrogen and oxygen atoms in total. The van der Waals surface area contributed by atoms with Crippen molar-refractivity contribution in [3.63, 3.8) is 0 Å². The van der Waals surface area contributed by atoms with Crippen molar-refractivity contribution in [1.82, 2.24) is 5.32 Å². The highest BCUT2D eigenvalue weighted by molar-refractivity contribution is 5.36. The molecule has 1 N–H and O–H groups in total. The van der Waals surface area contributed by atoms with Gasteiger partial charge in [0.05, 0.1) is 4.92 Å². The lowest BCUT2D eigenvalue weighted by Crippen LogP contribution is -2.24. The largest absolute Gasteiger partial charge is 0.317 e. The van der Waals surface area contributed by atoms with E-state index in [-0.39, 0.29) is 0 Å². The van der Waals surface area contributed by atoms with Gasteiger partial charge in [-0.1, -0.05) is 19.1 Å². The summed E-state index contributed by atoms with van der Waals surface area (Å²) in [6.45, 7) is 2.05. The molecule has 0 spiro atoms. The third kappa shape index (κ3) is 3.49. The van der Waals surface area contributed by atoms with E-state index in [0.29, 0.717) is 18.0 Å². The minimum atomic E-state index is -0.705. The van der Waals surface area contributed by atoms with Gasteiger partial charge in [-0.2, -0.15) is 4.39 Å². The Morgan fingerprint density at radius 3 is 2.76 bits per heavy atom. The van der Waals surface area contributed by atoms with Crippen molar-refractivity contribution in [2.24, 2.45) is 0 Å². The molecule has 1 rings (SSSR count). The first kappa shape index (κ1) is 13.6. The predicted octanol–water partition coefficient (Wildman–Crippen LogP) is 2.66. The third-order valence-corrected chi connectivity index (χ3v) is 2.92. The molecule has 0 aliphatic carbocycles. The second-order valence-electron chi connectivity index (χ2n) is 3.94. The molecule has 94 valence electrons. The molecule has 17 heavy (non-hydrogen) atoms. The first-order valence-corrected chi connectivity index (χ1v) is 5.69. The van der Waals surface area contributed by atoms with Gasteiger partial charge in [-0.25, -0.2) is 0 Å². The zero-order chi connectivity index (χ0) is 12.8. The Morgan fingerprint density at radius 2 is 2.24 bits per heavy atom. The van der Waals surface area contributed by atoms with Crippen molar-refractivity contribution < 1.29 is 9.31 Å². The lowest BCUT2D eigenvalue weighted by molar-refractivity contribution is -0.387. The van der Waals surface area contributed by atoms with Crippen LogP contribution in [0.3, 0.4) is 0 Å². The van der Waals surface area contributed by atoms with Crippen molar-refractivity contribution >= 4 is 5.69 Å². The lowest BCUT2D eigenvalue weighted by atomic mass is 10.0. The molecular formula is C12H17FN2O2. The Balaban J connectivity index is 2.78. The number of nitrogens with zero attached hydrogens (tertiary/aromatic N) is 1. The van der Waals surface area contributed by atoms with Crippen LogP contribution in [0.5, 0.6) is 0 Å². The van der Waals surface area contributed by atoms with E-state index in [1.165, 1.54) is 12.1 Å². The normalized spacial score (nSPS) is 12.4. The van der Waals surface area contributed by atoms with Gasteiger partial charge in [0.25, 0.3) is 0 Å². The number of halogens is 1. The SMILES string of the molecule is CCC(CCc1cccc([N+](=O)[O-])c1F)NC. The molecule has 1 aromatic rings. The minimum absolute atomic E-state index is 0.314. The highest BCUT2D eigenvalue weighted by Gasteiger charge is 2.17. The van der Waals surface area contributed by atoms with Gasteiger partial charge in [0.1, 0.15) is 0 Å². The molecule has 0 radical (unpaired) electrons. The minimum Gasteiger partial charge on any atom is -0.317 e. The van der Waals surface area contributed by atoms with Crippen LogP contribution in [0.2, 0.25) is 0 Å². The molecule has 0 bridgehead atoms. The van der Waals surface area contributed by atoms with E-state index in [2.05, 4.69) is 5.32 Å². The molecule has 0 saturated heterocycles. The van der Waals surface area contributed by atoms with Crippen LogP contribution in [-0.2, 0) is 6.42 Å². The van der Waals surface area contributed by atoms with Crippen LogP contribution in [0.1, 0.15) is 25.3 Å². The van der Waals surface area contributed by atoms with Crippen LogP contribution in [0.15, 0.2) is 18.2 Å². The Hall–Kier alpha value is -1.49. The number of benzene rings is 1. The van der Waals surface area contributed by atoms with Gasteiger partial charge < -0.3 is 5.32 Å². The average molecular weight is 240 g/mol. The summed E-state index contributed by atoms with van der Waals surface area (Å²) in [4.78, 5) is 9.89. The van der Waals surface area contributed by atoms with Gasteiger partial charge in [-0.05, 0) is 31.9 Å². The second-order valence-corrected chi connectivity index (χ2v) is 3.94. The fourth-order valence-electron chi connectivity index (χ4n) is 1.78. The highest BCUT2D eigenvalue weighted by atomic mass is 19.1. The van der Waals surface area contributed by atoms with Gasteiger partial charge in [-0.15, -0.1) is 0 Å². The molecule has 1 aromatic carbocycles. The molecule has 1 atom stereocenters. The van der Waals surface area contributed by atoms with E-state index < -0.39 is 16.4 Å². The number of nitro benzene ring substituents is 1. The molecular weight excluding hydrogens is 223 g/mol. The van der Waals surface area contributed by atoms with E-state index in [1.54, 1.807) is 6.07 Å². The predicted molar refractivity (Wildman–Crippen MR) is 64.5 cm³/mol. The first-order valence-electron chi connectivity index (χ1n) is 5.69. The number of hydrogen-bond donors (Lipinski definition) is 1. The fourth-order valence-corrected chi connectivity index (χ4v) is 1.78. The van der Waals surface area contributed by atoms with Crippen LogP contribution in [0.25, 0.3) is 0 Å².